The molecule has 1 rings (SSSR count). The van der Waals surface area contributed by atoms with Crippen LogP contribution in [0.3, 0.4) is 0 Å². The molecule has 1 aliphatic rings. The van der Waals surface area contributed by atoms with Crippen LogP contribution in [0.5, 0.6) is 0 Å². The van der Waals surface area contributed by atoms with Gasteiger partial charge in [0.1, 0.15) is 6.29 Å². The largest absolute Gasteiger partial charge is 0.481 e. The molecule has 0 spiro atoms. The molecular weight excluding hydrogens is 214 g/mol. The second-order valence-corrected chi connectivity index (χ2v) is 3.61. The Morgan fingerprint density at radius 2 is 2.31 bits per heavy atom. The Kier molecular flexibility index (Phi) is 4.87. The van der Waals surface area contributed by atoms with Gasteiger partial charge in [0.2, 0.25) is 5.91 Å². The molecule has 0 aromatic heterocycles. The molecular formula is C9H15N3O4. The maximum Gasteiger partial charge on any atom is 0.305 e. The van der Waals surface area contributed by atoms with Gasteiger partial charge >= 0.3 is 5.97 Å². The minimum absolute atomic E-state index is 0.356. The van der Waals surface area contributed by atoms with Crippen LogP contribution in [-0.4, -0.2) is 41.9 Å². The number of carbonyl (C=O) groups excluding carboxylic acids is 2. The van der Waals surface area contributed by atoms with E-state index in [4.69, 9.17) is 5.11 Å². The van der Waals surface area contributed by atoms with Gasteiger partial charge in [-0.05, 0) is 12.8 Å². The summed E-state index contributed by atoms with van der Waals surface area (Å²) in [5.41, 5.74) is 5.61. The lowest BCUT2D eigenvalue weighted by molar-refractivity contribution is -0.139. The standard InChI is InChI=1S/C9H15N3O4/c13-5-6(4-8(14)15)11-9(16)7-2-1-3-10-12-7/h5-7,10,12H,1-4H2,(H,11,16)(H,14,15)/t6-,7-/m0/s1. The van der Waals surface area contributed by atoms with Crippen molar-refractivity contribution >= 4 is 18.2 Å². The monoisotopic (exact) mass is 229 g/mol. The number of carboxylic acid groups (broad SMARTS) is 1. The van der Waals surface area contributed by atoms with Crippen molar-refractivity contribution in [1.82, 2.24) is 16.2 Å². The van der Waals surface area contributed by atoms with E-state index in [1.54, 1.807) is 0 Å². The van der Waals surface area contributed by atoms with Crippen LogP contribution < -0.4 is 16.2 Å². The Bertz CT molecular complexity index is 276. The quantitative estimate of drug-likeness (QED) is 0.423. The van der Waals surface area contributed by atoms with Gasteiger partial charge in [0, 0.05) is 6.54 Å². The highest BCUT2D eigenvalue weighted by Gasteiger charge is 2.23. The van der Waals surface area contributed by atoms with Gasteiger partial charge in [-0.1, -0.05) is 0 Å². The Morgan fingerprint density at radius 1 is 1.56 bits per heavy atom. The zero-order valence-electron chi connectivity index (χ0n) is 8.73. The third-order valence-corrected chi connectivity index (χ3v) is 2.27. The summed E-state index contributed by atoms with van der Waals surface area (Å²) in [5.74, 6) is -1.47. The zero-order chi connectivity index (χ0) is 12.0. The SMILES string of the molecule is O=C[C@H](CC(=O)O)NC(=O)[C@@H]1CCCNN1. The summed E-state index contributed by atoms with van der Waals surface area (Å²) in [4.78, 5) is 32.5. The molecule has 1 heterocycles. The number of amides is 1. The number of carboxylic acids is 1. The molecule has 7 heteroatoms. The van der Waals surface area contributed by atoms with Crippen LogP contribution in [0.15, 0.2) is 0 Å². The number of hydrazine groups is 1. The van der Waals surface area contributed by atoms with Gasteiger partial charge in [-0.15, -0.1) is 0 Å². The van der Waals surface area contributed by atoms with Crippen molar-refractivity contribution in [1.29, 1.82) is 0 Å². The summed E-state index contributed by atoms with van der Waals surface area (Å²) < 4.78 is 0. The Morgan fingerprint density at radius 3 is 2.81 bits per heavy atom. The zero-order valence-corrected chi connectivity index (χ0v) is 8.73. The lowest BCUT2D eigenvalue weighted by Gasteiger charge is -2.24. The van der Waals surface area contributed by atoms with Crippen molar-refractivity contribution in [3.05, 3.63) is 0 Å². The number of carbonyl (C=O) groups is 3. The molecule has 16 heavy (non-hydrogen) atoms. The number of hydrogen-bond donors (Lipinski definition) is 4. The number of hydrogen-bond acceptors (Lipinski definition) is 5. The second-order valence-electron chi connectivity index (χ2n) is 3.61. The minimum atomic E-state index is -1.12. The number of aliphatic carboxylic acids is 1. The van der Waals surface area contributed by atoms with E-state index in [1.807, 2.05) is 0 Å². The van der Waals surface area contributed by atoms with Crippen LogP contribution in [0.4, 0.5) is 0 Å². The molecule has 0 aromatic rings. The van der Waals surface area contributed by atoms with Gasteiger partial charge in [-0.25, -0.2) is 5.43 Å². The molecule has 4 N–H and O–H groups in total. The van der Waals surface area contributed by atoms with E-state index in [0.29, 0.717) is 12.7 Å². The molecule has 1 saturated heterocycles. The fourth-order valence-corrected chi connectivity index (χ4v) is 1.46. The van der Waals surface area contributed by atoms with Crippen LogP contribution in [0.2, 0.25) is 0 Å². The summed E-state index contributed by atoms with van der Waals surface area (Å²) in [6.45, 7) is 0.788. The summed E-state index contributed by atoms with van der Waals surface area (Å²) in [5, 5.41) is 10.9. The van der Waals surface area contributed by atoms with E-state index in [1.165, 1.54) is 0 Å². The Balaban J connectivity index is 2.41. The second kappa shape index (κ2) is 6.19. The van der Waals surface area contributed by atoms with Crippen molar-refractivity contribution in [2.24, 2.45) is 0 Å². The highest BCUT2D eigenvalue weighted by Crippen LogP contribution is 2.01. The first-order valence-corrected chi connectivity index (χ1v) is 5.09. The Hall–Kier alpha value is -1.47. The summed E-state index contributed by atoms with van der Waals surface area (Å²) in [6.07, 6.45) is 1.56. The molecule has 7 nitrogen and oxygen atoms in total. The number of aldehydes is 1. The van der Waals surface area contributed by atoms with Gasteiger partial charge in [-0.2, -0.15) is 0 Å². The third kappa shape index (κ3) is 3.95. The molecule has 2 atom stereocenters. The first-order valence-electron chi connectivity index (χ1n) is 5.09. The van der Waals surface area contributed by atoms with Gasteiger partial charge in [-0.3, -0.25) is 15.0 Å². The van der Waals surface area contributed by atoms with Crippen molar-refractivity contribution in [3.63, 3.8) is 0 Å². The van der Waals surface area contributed by atoms with Gasteiger partial charge in [0.15, 0.2) is 0 Å². The molecule has 1 amide bonds. The van der Waals surface area contributed by atoms with E-state index in [9.17, 15) is 14.4 Å². The normalized spacial score (nSPS) is 22.1. The molecule has 0 saturated carbocycles. The maximum absolute atomic E-state index is 11.6. The van der Waals surface area contributed by atoms with E-state index < -0.39 is 24.5 Å². The van der Waals surface area contributed by atoms with Crippen LogP contribution in [0.1, 0.15) is 19.3 Å². The summed E-state index contributed by atoms with van der Waals surface area (Å²) >= 11 is 0. The van der Waals surface area contributed by atoms with Crippen molar-refractivity contribution in [2.75, 3.05) is 6.54 Å². The molecule has 0 aliphatic carbocycles. The average Bonchev–Trinajstić information content (AvgIpc) is 2.28. The summed E-state index contributed by atoms with van der Waals surface area (Å²) in [6, 6.07) is -1.38. The van der Waals surface area contributed by atoms with Crippen molar-refractivity contribution in [3.8, 4) is 0 Å². The van der Waals surface area contributed by atoms with Crippen LogP contribution in [0, 0.1) is 0 Å². The third-order valence-electron chi connectivity index (χ3n) is 2.27. The van der Waals surface area contributed by atoms with E-state index in [-0.39, 0.29) is 5.91 Å². The van der Waals surface area contributed by atoms with Crippen molar-refractivity contribution in [2.45, 2.75) is 31.3 Å². The molecule has 0 radical (unpaired) electrons. The molecule has 0 aromatic carbocycles. The fraction of sp³-hybridized carbons (Fsp3) is 0.667. The first kappa shape index (κ1) is 12.6. The smallest absolute Gasteiger partial charge is 0.305 e. The summed E-state index contributed by atoms with van der Waals surface area (Å²) in [7, 11) is 0. The molecule has 1 aliphatic heterocycles. The maximum atomic E-state index is 11.6. The van der Waals surface area contributed by atoms with Crippen molar-refractivity contribution < 1.29 is 19.5 Å². The fourth-order valence-electron chi connectivity index (χ4n) is 1.46. The van der Waals surface area contributed by atoms with Gasteiger partial charge < -0.3 is 15.2 Å². The van der Waals surface area contributed by atoms with E-state index >= 15 is 0 Å². The number of rotatable bonds is 5. The number of nitrogens with one attached hydrogen (secondary N) is 3. The average molecular weight is 229 g/mol. The first-order chi connectivity index (χ1) is 7.63. The predicted octanol–water partition coefficient (Wildman–Crippen LogP) is -1.60. The lowest BCUT2D eigenvalue weighted by atomic mass is 10.1. The molecule has 1 fully saturated rings. The molecule has 0 unspecified atom stereocenters. The Labute approximate surface area is 92.6 Å². The van der Waals surface area contributed by atoms with Crippen LogP contribution in [-0.2, 0) is 14.4 Å². The van der Waals surface area contributed by atoms with Crippen LogP contribution >= 0.6 is 0 Å². The highest BCUT2D eigenvalue weighted by molar-refractivity contribution is 5.86. The van der Waals surface area contributed by atoms with E-state index in [2.05, 4.69) is 16.2 Å². The molecule has 0 bridgehead atoms. The topological polar surface area (TPSA) is 108 Å². The van der Waals surface area contributed by atoms with Gasteiger partial charge in [0.05, 0.1) is 18.5 Å². The van der Waals surface area contributed by atoms with Crippen LogP contribution in [0.25, 0.3) is 0 Å². The highest BCUT2D eigenvalue weighted by atomic mass is 16.4. The minimum Gasteiger partial charge on any atom is -0.481 e. The van der Waals surface area contributed by atoms with E-state index in [0.717, 1.165) is 13.0 Å². The lowest BCUT2D eigenvalue weighted by Crippen LogP contribution is -2.55. The predicted molar refractivity (Wildman–Crippen MR) is 54.4 cm³/mol. The van der Waals surface area contributed by atoms with Gasteiger partial charge in [0.25, 0.3) is 0 Å². The molecule has 90 valence electrons.